The lowest BCUT2D eigenvalue weighted by molar-refractivity contribution is -0.137. The molecule has 1 aliphatic heterocycles. The molecule has 11 heteroatoms. The molecule has 1 saturated heterocycles. The van der Waals surface area contributed by atoms with Gasteiger partial charge in [0, 0.05) is 30.1 Å². The van der Waals surface area contributed by atoms with Gasteiger partial charge in [-0.05, 0) is 38.0 Å². The highest BCUT2D eigenvalue weighted by molar-refractivity contribution is 7.89. The molecule has 1 N–H and O–H groups in total. The Balaban J connectivity index is 1.66. The summed E-state index contributed by atoms with van der Waals surface area (Å²) < 4.78 is 65.1. The van der Waals surface area contributed by atoms with E-state index in [-0.39, 0.29) is 37.8 Å². The average Bonchev–Trinajstić information content (AvgIpc) is 3.06. The summed E-state index contributed by atoms with van der Waals surface area (Å²) >= 11 is 1.34. The quantitative estimate of drug-likeness (QED) is 0.800. The zero-order valence-corrected chi connectivity index (χ0v) is 16.5. The fraction of sp³-hybridized carbons (Fsp3) is 0.412. The van der Waals surface area contributed by atoms with Crippen molar-refractivity contribution in [3.05, 3.63) is 40.9 Å². The first kappa shape index (κ1) is 20.7. The smallest absolute Gasteiger partial charge is 0.302 e. The number of carbonyl (C=O) groups excluding carboxylic acids is 1. The normalized spacial score (nSPS) is 16.9. The minimum atomic E-state index is -4.62. The second-order valence-corrected chi connectivity index (χ2v) is 9.64. The molecule has 0 bridgehead atoms. The standard InChI is InChI=1S/C17H18F3N3O3S2/c1-11-10-21-16(27-11)22-15(24)12-5-7-23(8-6-12)28(25,26)14-4-2-3-13(9-14)17(18,19)20/h2-4,9-10,12H,5-8H2,1H3,(H,21,22,24). The zero-order chi connectivity index (χ0) is 20.5. The van der Waals surface area contributed by atoms with Gasteiger partial charge in [-0.2, -0.15) is 17.5 Å². The first-order valence-corrected chi connectivity index (χ1v) is 10.7. The molecule has 0 saturated carbocycles. The Kier molecular flexibility index (Phi) is 5.78. The number of aromatic nitrogens is 1. The van der Waals surface area contributed by atoms with Crippen LogP contribution in [0.4, 0.5) is 18.3 Å². The van der Waals surface area contributed by atoms with Crippen LogP contribution < -0.4 is 5.32 Å². The Morgan fingerprint density at radius 1 is 1.29 bits per heavy atom. The van der Waals surface area contributed by atoms with Crippen LogP contribution in [0, 0.1) is 12.8 Å². The van der Waals surface area contributed by atoms with Crippen LogP contribution in [0.2, 0.25) is 0 Å². The third-order valence-corrected chi connectivity index (χ3v) is 7.20. The van der Waals surface area contributed by atoms with Crippen LogP contribution in [0.15, 0.2) is 35.4 Å². The number of carbonyl (C=O) groups is 1. The van der Waals surface area contributed by atoms with Crippen molar-refractivity contribution in [3.8, 4) is 0 Å². The van der Waals surface area contributed by atoms with Crippen molar-refractivity contribution in [2.24, 2.45) is 5.92 Å². The van der Waals surface area contributed by atoms with Crippen LogP contribution in [-0.2, 0) is 21.0 Å². The van der Waals surface area contributed by atoms with Crippen molar-refractivity contribution < 1.29 is 26.4 Å². The number of sulfonamides is 1. The lowest BCUT2D eigenvalue weighted by Gasteiger charge is -2.30. The molecule has 2 heterocycles. The zero-order valence-electron chi connectivity index (χ0n) is 14.9. The van der Waals surface area contributed by atoms with E-state index >= 15 is 0 Å². The number of amides is 1. The Labute approximate surface area is 164 Å². The number of nitrogens with one attached hydrogen (secondary N) is 1. The summed E-state index contributed by atoms with van der Waals surface area (Å²) in [6.45, 7) is 1.99. The Morgan fingerprint density at radius 2 is 1.96 bits per heavy atom. The van der Waals surface area contributed by atoms with Gasteiger partial charge in [0.05, 0.1) is 10.5 Å². The van der Waals surface area contributed by atoms with Crippen molar-refractivity contribution >= 4 is 32.4 Å². The van der Waals surface area contributed by atoms with E-state index in [4.69, 9.17) is 0 Å². The summed E-state index contributed by atoms with van der Waals surface area (Å²) in [5, 5.41) is 3.20. The van der Waals surface area contributed by atoms with Crippen molar-refractivity contribution in [3.63, 3.8) is 0 Å². The molecule has 0 radical (unpaired) electrons. The highest BCUT2D eigenvalue weighted by Gasteiger charge is 2.35. The monoisotopic (exact) mass is 433 g/mol. The van der Waals surface area contributed by atoms with Crippen LogP contribution in [0.1, 0.15) is 23.3 Å². The van der Waals surface area contributed by atoms with E-state index < -0.39 is 26.7 Å². The fourth-order valence-corrected chi connectivity index (χ4v) is 5.14. The van der Waals surface area contributed by atoms with Gasteiger partial charge in [-0.1, -0.05) is 6.07 Å². The number of nitrogens with zero attached hydrogens (tertiary/aromatic N) is 2. The average molecular weight is 433 g/mol. The van der Waals surface area contributed by atoms with Crippen LogP contribution in [0.5, 0.6) is 0 Å². The number of hydrogen-bond acceptors (Lipinski definition) is 5. The number of aryl methyl sites for hydroxylation is 1. The van der Waals surface area contributed by atoms with Gasteiger partial charge in [0.15, 0.2) is 5.13 Å². The SMILES string of the molecule is Cc1cnc(NC(=O)C2CCN(S(=O)(=O)c3cccc(C(F)(F)F)c3)CC2)s1. The summed E-state index contributed by atoms with van der Waals surface area (Å²) in [5.74, 6) is -0.609. The third kappa shape index (κ3) is 4.53. The molecule has 152 valence electrons. The summed E-state index contributed by atoms with van der Waals surface area (Å²) in [6.07, 6.45) is -2.40. The lowest BCUT2D eigenvalue weighted by atomic mass is 9.97. The molecule has 0 unspecified atom stereocenters. The summed E-state index contributed by atoms with van der Waals surface area (Å²) in [5.41, 5.74) is -1.01. The van der Waals surface area contributed by atoms with E-state index in [1.165, 1.54) is 11.3 Å². The van der Waals surface area contributed by atoms with E-state index in [9.17, 15) is 26.4 Å². The van der Waals surface area contributed by atoms with Gasteiger partial charge >= 0.3 is 6.18 Å². The Morgan fingerprint density at radius 3 is 2.54 bits per heavy atom. The minimum absolute atomic E-state index is 0.0631. The highest BCUT2D eigenvalue weighted by atomic mass is 32.2. The van der Waals surface area contributed by atoms with E-state index in [0.29, 0.717) is 11.2 Å². The van der Waals surface area contributed by atoms with E-state index in [0.717, 1.165) is 27.4 Å². The molecule has 1 aromatic heterocycles. The maximum Gasteiger partial charge on any atom is 0.416 e. The van der Waals surface area contributed by atoms with Crippen molar-refractivity contribution in [2.45, 2.75) is 30.8 Å². The Bertz CT molecular complexity index is 965. The molecule has 0 atom stereocenters. The van der Waals surface area contributed by atoms with Crippen molar-refractivity contribution in [1.29, 1.82) is 0 Å². The summed E-state index contributed by atoms with van der Waals surface area (Å²) in [7, 11) is -4.06. The maximum atomic E-state index is 12.9. The molecular formula is C17H18F3N3O3S2. The molecule has 1 amide bonds. The fourth-order valence-electron chi connectivity index (χ4n) is 2.96. The number of benzene rings is 1. The highest BCUT2D eigenvalue weighted by Crippen LogP contribution is 2.32. The second-order valence-electron chi connectivity index (χ2n) is 6.47. The van der Waals surface area contributed by atoms with Crippen LogP contribution in [-0.4, -0.2) is 36.7 Å². The number of halogens is 3. The van der Waals surface area contributed by atoms with Gasteiger partial charge in [-0.25, -0.2) is 13.4 Å². The molecule has 6 nitrogen and oxygen atoms in total. The molecule has 2 aromatic rings. The molecule has 1 aliphatic rings. The molecule has 0 aliphatic carbocycles. The topological polar surface area (TPSA) is 79.4 Å². The predicted octanol–water partition coefficient (Wildman–Crippen LogP) is 3.51. The summed E-state index contributed by atoms with van der Waals surface area (Å²) in [4.78, 5) is 16.9. The maximum absolute atomic E-state index is 12.9. The van der Waals surface area contributed by atoms with E-state index in [1.54, 1.807) is 6.20 Å². The van der Waals surface area contributed by atoms with Crippen molar-refractivity contribution in [2.75, 3.05) is 18.4 Å². The number of hydrogen-bond donors (Lipinski definition) is 1. The molecular weight excluding hydrogens is 415 g/mol. The van der Waals surface area contributed by atoms with Crippen LogP contribution in [0.25, 0.3) is 0 Å². The third-order valence-electron chi connectivity index (χ3n) is 4.48. The van der Waals surface area contributed by atoms with Gasteiger partial charge in [0.1, 0.15) is 0 Å². The van der Waals surface area contributed by atoms with Gasteiger partial charge in [0.2, 0.25) is 15.9 Å². The molecule has 1 fully saturated rings. The number of rotatable bonds is 4. The largest absolute Gasteiger partial charge is 0.416 e. The Hall–Kier alpha value is -1.98. The number of anilines is 1. The van der Waals surface area contributed by atoms with E-state index in [2.05, 4.69) is 10.3 Å². The van der Waals surface area contributed by atoms with Crippen LogP contribution >= 0.6 is 11.3 Å². The first-order chi connectivity index (χ1) is 13.1. The van der Waals surface area contributed by atoms with Crippen molar-refractivity contribution in [1.82, 2.24) is 9.29 Å². The second kappa shape index (κ2) is 7.80. The van der Waals surface area contributed by atoms with Gasteiger partial charge in [0.25, 0.3) is 0 Å². The number of thiazole rings is 1. The van der Waals surface area contributed by atoms with E-state index in [1.807, 2.05) is 6.92 Å². The van der Waals surface area contributed by atoms with Crippen LogP contribution in [0.3, 0.4) is 0 Å². The lowest BCUT2D eigenvalue weighted by Crippen LogP contribution is -2.41. The summed E-state index contributed by atoms with van der Waals surface area (Å²) in [6, 6.07) is 3.69. The van der Waals surface area contributed by atoms with Gasteiger partial charge in [-0.15, -0.1) is 11.3 Å². The molecule has 28 heavy (non-hydrogen) atoms. The van der Waals surface area contributed by atoms with Gasteiger partial charge < -0.3 is 5.32 Å². The molecule has 3 rings (SSSR count). The predicted molar refractivity (Wildman–Crippen MR) is 98.4 cm³/mol. The minimum Gasteiger partial charge on any atom is -0.302 e. The molecule has 0 spiro atoms. The number of alkyl halides is 3. The first-order valence-electron chi connectivity index (χ1n) is 8.48. The van der Waals surface area contributed by atoms with Gasteiger partial charge in [-0.3, -0.25) is 4.79 Å². The molecule has 1 aromatic carbocycles. The number of piperidine rings is 1.